The number of aliphatic hydroxyl groups is 18. The molecule has 5 aliphatic carbocycles. The molecular formula is C63H102O31. The lowest BCUT2D eigenvalue weighted by Gasteiger charge is -2.72. The van der Waals surface area contributed by atoms with Crippen molar-refractivity contribution >= 4 is 5.97 Å². The molecule has 6 saturated heterocycles. The average Bonchev–Trinajstić information content (AvgIpc) is 0.669. The van der Waals surface area contributed by atoms with E-state index in [1.165, 1.54) is 13.8 Å². The molecule has 11 aliphatic rings. The molecule has 0 aromatic rings. The molecule has 540 valence electrons. The van der Waals surface area contributed by atoms with Crippen molar-refractivity contribution in [1.29, 1.82) is 0 Å². The van der Waals surface area contributed by atoms with Gasteiger partial charge in [0.1, 0.15) is 110 Å². The highest BCUT2D eigenvalue weighted by atomic mass is 16.8. The molecule has 4 saturated carbocycles. The standard InChI is InChI=1S/C63H102O31/c1-23-34(70)38(74)42(78)53(86-23)91-47-32(89-51-41(77)35(71)29(68)19-83-51)21-85-52(45(47)81)90-46-24(2)87-54(44(80)40(46)76)92-48-36(72)30(69)20-84-56(48)94-57(82)63-13-11-58(3,4)15-26(63)25-9-10-33-59(5)16-28(67)50(93-55-43(79)39(75)37(73)31(18-64)88-55)60(6,22-65)49(59)27(66)17-62(33,8)61(25,7)12-14-63/h9,23-24,26-56,64-81H,10-22H2,1-8H3/t23-,24-,26-,27+,28-,29+,30-,31+,32+,33+,34-,35-,36-,37+,38+,39-,40-,41+,42+,43+,44+,45+,46-,47-,48+,49+,50-,51-,52-,53-,54-,55-,56-,59+,60-,61+,62+,63-/m0/s1. The normalized spacial score (nSPS) is 56.1. The van der Waals surface area contributed by atoms with Crippen molar-refractivity contribution in [3.8, 4) is 0 Å². The van der Waals surface area contributed by atoms with Crippen LogP contribution >= 0.6 is 0 Å². The second-order valence-electron chi connectivity index (χ2n) is 30.7. The van der Waals surface area contributed by atoms with Gasteiger partial charge in [0.2, 0.25) is 6.29 Å². The smallest absolute Gasteiger partial charge is 0.315 e. The summed E-state index contributed by atoms with van der Waals surface area (Å²) in [6.45, 7) is 12.3. The number of rotatable bonds is 14. The fourth-order valence-corrected chi connectivity index (χ4v) is 18.8. The molecule has 0 amide bonds. The first-order valence-electron chi connectivity index (χ1n) is 33.1. The van der Waals surface area contributed by atoms with Crippen LogP contribution in [0.4, 0.5) is 0 Å². The Bertz CT molecular complexity index is 2660. The first-order valence-corrected chi connectivity index (χ1v) is 33.1. The maximum absolute atomic E-state index is 15.5. The summed E-state index contributed by atoms with van der Waals surface area (Å²) in [4.78, 5) is 15.5. The second-order valence-corrected chi connectivity index (χ2v) is 30.7. The third kappa shape index (κ3) is 12.3. The first-order chi connectivity index (χ1) is 44.0. The Morgan fingerprint density at radius 2 is 1.05 bits per heavy atom. The van der Waals surface area contributed by atoms with Crippen molar-refractivity contribution in [1.82, 2.24) is 0 Å². The summed E-state index contributed by atoms with van der Waals surface area (Å²) >= 11 is 0. The van der Waals surface area contributed by atoms with Gasteiger partial charge >= 0.3 is 5.97 Å². The second kappa shape index (κ2) is 27.1. The average molecular weight is 1360 g/mol. The fourth-order valence-electron chi connectivity index (χ4n) is 18.8. The minimum absolute atomic E-state index is 0.0866. The lowest BCUT2D eigenvalue weighted by atomic mass is 9.33. The summed E-state index contributed by atoms with van der Waals surface area (Å²) in [5, 5.41) is 199. The van der Waals surface area contributed by atoms with Crippen LogP contribution in [-0.2, 0) is 61.6 Å². The molecule has 11 rings (SSSR count). The minimum Gasteiger partial charge on any atom is -0.432 e. The number of aliphatic hydroxyl groups excluding tert-OH is 18. The molecule has 0 aromatic carbocycles. The SMILES string of the molecule is C[C@@H]1O[C@@H](O[C@@H]2[C@@H](O)[C@H](O[C@@H]3[C@@H](O)[C@@H](O)[C@H](O[C@H]4[C@H](OC(=O)[C@]56CCC(C)(C)C[C@H]5C5=CC[C@@H]7[C@@]8(C)C[C@H](O)[C@H](O[C@@H]9O[C@H](CO)[C@@H](O)[C@H](O)[C@H]9O)[C@@](C)(CO)[C@@H]8[C@H](O)C[C@@]7(C)[C@]5(C)CC6)OC[C@H](O)[C@@H]4O)O[C@H]3C)OC[C@H]2O[C@@H]2OC[C@@H](O)[C@H](O)[C@H]2O)[C@H](O)[C@H](O)[C@H]1O. The van der Waals surface area contributed by atoms with Gasteiger partial charge in [0.15, 0.2) is 37.6 Å². The van der Waals surface area contributed by atoms with Gasteiger partial charge in [-0.25, -0.2) is 0 Å². The summed E-state index contributed by atoms with van der Waals surface area (Å²) in [6.07, 6.45) is -43.4. The number of allylic oxidation sites excluding steroid dienone is 2. The van der Waals surface area contributed by atoms with Gasteiger partial charge < -0.3 is 149 Å². The van der Waals surface area contributed by atoms with Gasteiger partial charge in [-0.15, -0.1) is 0 Å². The van der Waals surface area contributed by atoms with E-state index in [2.05, 4.69) is 33.8 Å². The quantitative estimate of drug-likeness (QED) is 0.0438. The van der Waals surface area contributed by atoms with Crippen LogP contribution in [0.2, 0.25) is 0 Å². The Labute approximate surface area is 543 Å². The van der Waals surface area contributed by atoms with E-state index in [9.17, 15) is 91.9 Å². The van der Waals surface area contributed by atoms with Crippen molar-refractivity contribution in [2.75, 3.05) is 33.0 Å². The topological polar surface area (TPSA) is 492 Å². The van der Waals surface area contributed by atoms with Crippen LogP contribution in [0.25, 0.3) is 0 Å². The van der Waals surface area contributed by atoms with Crippen LogP contribution < -0.4 is 0 Å². The molecule has 10 fully saturated rings. The molecular weight excluding hydrogens is 1250 g/mol. The van der Waals surface area contributed by atoms with Crippen LogP contribution in [0, 0.1) is 50.2 Å². The van der Waals surface area contributed by atoms with Crippen LogP contribution in [0.1, 0.15) is 107 Å². The molecule has 6 heterocycles. The van der Waals surface area contributed by atoms with Gasteiger partial charge in [-0.05, 0) is 98.7 Å². The number of ether oxygens (including phenoxy) is 12. The summed E-state index contributed by atoms with van der Waals surface area (Å²) in [6, 6.07) is 0. The molecule has 0 unspecified atom stereocenters. The Morgan fingerprint density at radius 3 is 1.71 bits per heavy atom. The predicted molar refractivity (Wildman–Crippen MR) is 311 cm³/mol. The third-order valence-electron chi connectivity index (χ3n) is 24.4. The predicted octanol–water partition coefficient (Wildman–Crippen LogP) is -5.50. The number of esters is 1. The zero-order valence-electron chi connectivity index (χ0n) is 54.2. The van der Waals surface area contributed by atoms with Crippen LogP contribution in [0.15, 0.2) is 11.6 Å². The number of fused-ring (bicyclic) bond motifs is 7. The molecule has 6 aliphatic heterocycles. The number of carbonyl (C=O) groups excluding carboxylic acids is 1. The van der Waals surface area contributed by atoms with Gasteiger partial charge in [0.25, 0.3) is 0 Å². The van der Waals surface area contributed by atoms with Crippen molar-refractivity contribution < 1.29 is 154 Å². The maximum Gasteiger partial charge on any atom is 0.315 e. The number of hydrogen-bond acceptors (Lipinski definition) is 31. The molecule has 0 aromatic heterocycles. The molecule has 38 atom stereocenters. The van der Waals surface area contributed by atoms with E-state index in [0.717, 1.165) is 5.57 Å². The highest BCUT2D eigenvalue weighted by Gasteiger charge is 2.74. The summed E-state index contributed by atoms with van der Waals surface area (Å²) in [5.74, 6) is -2.01. The van der Waals surface area contributed by atoms with Crippen molar-refractivity contribution in [2.24, 2.45) is 50.2 Å². The number of hydrogen-bond donors (Lipinski definition) is 18. The zero-order valence-corrected chi connectivity index (χ0v) is 54.2. The molecule has 0 radical (unpaired) electrons. The molecule has 94 heavy (non-hydrogen) atoms. The van der Waals surface area contributed by atoms with E-state index in [1.807, 2.05) is 6.92 Å². The minimum atomic E-state index is -2.03. The van der Waals surface area contributed by atoms with Crippen LogP contribution in [0.5, 0.6) is 0 Å². The third-order valence-corrected chi connectivity index (χ3v) is 24.4. The van der Waals surface area contributed by atoms with E-state index in [4.69, 9.17) is 56.8 Å². The molecule has 31 heteroatoms. The summed E-state index contributed by atoms with van der Waals surface area (Å²) < 4.78 is 71.5. The van der Waals surface area contributed by atoms with Crippen molar-refractivity contribution in [3.63, 3.8) is 0 Å². The van der Waals surface area contributed by atoms with Gasteiger partial charge in [-0.3, -0.25) is 4.79 Å². The van der Waals surface area contributed by atoms with Gasteiger partial charge in [-0.1, -0.05) is 53.2 Å². The van der Waals surface area contributed by atoms with Crippen molar-refractivity contribution in [2.45, 2.75) is 291 Å². The number of carbonyl (C=O) groups is 1. The Kier molecular flexibility index (Phi) is 21.1. The zero-order chi connectivity index (χ0) is 68.6. The maximum atomic E-state index is 15.5. The fraction of sp³-hybridized carbons (Fsp3) is 0.952. The Morgan fingerprint density at radius 1 is 0.500 bits per heavy atom. The molecule has 0 bridgehead atoms. The monoisotopic (exact) mass is 1350 g/mol. The molecule has 0 spiro atoms. The van der Waals surface area contributed by atoms with E-state index in [-0.39, 0.29) is 24.2 Å². The largest absolute Gasteiger partial charge is 0.432 e. The highest BCUT2D eigenvalue weighted by molar-refractivity contribution is 5.79. The van der Waals surface area contributed by atoms with E-state index < -0.39 is 262 Å². The molecule has 18 N–H and O–H groups in total. The highest BCUT2D eigenvalue weighted by Crippen LogP contribution is 2.76. The molecule has 31 nitrogen and oxygen atoms in total. The van der Waals surface area contributed by atoms with Crippen LogP contribution in [0.3, 0.4) is 0 Å². The van der Waals surface area contributed by atoms with Gasteiger partial charge in [-0.2, -0.15) is 0 Å². The van der Waals surface area contributed by atoms with Crippen LogP contribution in [-0.4, -0.2) is 315 Å². The van der Waals surface area contributed by atoms with E-state index >= 15 is 4.79 Å². The summed E-state index contributed by atoms with van der Waals surface area (Å²) in [5.41, 5.74) is -4.02. The summed E-state index contributed by atoms with van der Waals surface area (Å²) in [7, 11) is 0. The van der Waals surface area contributed by atoms with E-state index in [0.29, 0.717) is 38.5 Å². The van der Waals surface area contributed by atoms with E-state index in [1.54, 1.807) is 6.92 Å². The first kappa shape index (κ1) is 73.3. The van der Waals surface area contributed by atoms with Crippen molar-refractivity contribution in [3.05, 3.63) is 11.6 Å². The lowest BCUT2D eigenvalue weighted by Crippen LogP contribution is -2.72. The Balaban J connectivity index is 0.794. The van der Waals surface area contributed by atoms with Gasteiger partial charge in [0.05, 0.1) is 69.0 Å². The van der Waals surface area contributed by atoms with Gasteiger partial charge in [0, 0.05) is 11.3 Å². The lowest BCUT2D eigenvalue weighted by molar-refractivity contribution is -0.386. The Hall–Kier alpha value is -1.95.